The van der Waals surface area contributed by atoms with Crippen LogP contribution in [0.2, 0.25) is 0 Å². The summed E-state index contributed by atoms with van der Waals surface area (Å²) in [6, 6.07) is 0. The van der Waals surface area contributed by atoms with Gasteiger partial charge < -0.3 is 4.74 Å². The minimum atomic E-state index is -0.285. The van der Waals surface area contributed by atoms with Crippen molar-refractivity contribution in [1.29, 1.82) is 0 Å². The van der Waals surface area contributed by atoms with Gasteiger partial charge in [-0.05, 0) is 30.4 Å². The van der Waals surface area contributed by atoms with E-state index in [1.54, 1.807) is 6.08 Å². The summed E-state index contributed by atoms with van der Waals surface area (Å²) in [5, 5.41) is 0. The van der Waals surface area contributed by atoms with Crippen molar-refractivity contribution in [1.82, 2.24) is 0 Å². The zero-order chi connectivity index (χ0) is 11.4. The topological polar surface area (TPSA) is 43.4 Å². The summed E-state index contributed by atoms with van der Waals surface area (Å²) >= 11 is 0. The van der Waals surface area contributed by atoms with Crippen molar-refractivity contribution < 1.29 is 14.3 Å². The molecule has 0 fully saturated rings. The standard InChI is InChI=1S/C12H18O3/c1-8(2)12(15-9(3)13)10-5-4-6-11(14)7-10/h7-8,12H,4-6H2,1-3H3. The lowest BCUT2D eigenvalue weighted by Crippen LogP contribution is -2.26. The van der Waals surface area contributed by atoms with Gasteiger partial charge in [-0.3, -0.25) is 9.59 Å². The van der Waals surface area contributed by atoms with E-state index in [1.807, 2.05) is 13.8 Å². The molecule has 1 atom stereocenters. The third-order valence-electron chi connectivity index (χ3n) is 2.50. The maximum atomic E-state index is 11.3. The predicted molar refractivity (Wildman–Crippen MR) is 57.3 cm³/mol. The second-order valence-corrected chi connectivity index (χ2v) is 4.31. The smallest absolute Gasteiger partial charge is 0.303 e. The molecular weight excluding hydrogens is 192 g/mol. The summed E-state index contributed by atoms with van der Waals surface area (Å²) < 4.78 is 5.24. The summed E-state index contributed by atoms with van der Waals surface area (Å²) in [4.78, 5) is 22.2. The normalized spacial score (nSPS) is 18.7. The first-order valence-electron chi connectivity index (χ1n) is 5.41. The fourth-order valence-electron chi connectivity index (χ4n) is 1.86. The van der Waals surface area contributed by atoms with E-state index in [0.717, 1.165) is 18.4 Å². The molecular formula is C12H18O3. The molecule has 3 heteroatoms. The maximum absolute atomic E-state index is 11.3. The molecule has 0 amide bonds. The van der Waals surface area contributed by atoms with Crippen LogP contribution in [-0.4, -0.2) is 17.9 Å². The minimum Gasteiger partial charge on any atom is -0.458 e. The van der Waals surface area contributed by atoms with E-state index in [-0.39, 0.29) is 23.8 Å². The summed E-state index contributed by atoms with van der Waals surface area (Å²) in [5.74, 6) is 0.0766. The van der Waals surface area contributed by atoms with Crippen LogP contribution < -0.4 is 0 Å². The molecule has 0 saturated carbocycles. The first-order valence-corrected chi connectivity index (χ1v) is 5.41. The van der Waals surface area contributed by atoms with Crippen molar-refractivity contribution in [3.8, 4) is 0 Å². The maximum Gasteiger partial charge on any atom is 0.303 e. The summed E-state index contributed by atoms with van der Waals surface area (Å²) in [6.45, 7) is 5.39. The predicted octanol–water partition coefficient (Wildman–Crippen LogP) is 2.25. The highest BCUT2D eigenvalue weighted by atomic mass is 16.5. The number of hydrogen-bond donors (Lipinski definition) is 0. The Hall–Kier alpha value is -1.12. The Morgan fingerprint density at radius 2 is 2.07 bits per heavy atom. The third-order valence-corrected chi connectivity index (χ3v) is 2.50. The quantitative estimate of drug-likeness (QED) is 0.671. The van der Waals surface area contributed by atoms with Crippen molar-refractivity contribution in [3.63, 3.8) is 0 Å². The molecule has 84 valence electrons. The van der Waals surface area contributed by atoms with Gasteiger partial charge in [0.1, 0.15) is 6.10 Å². The zero-order valence-electron chi connectivity index (χ0n) is 9.58. The van der Waals surface area contributed by atoms with Gasteiger partial charge >= 0.3 is 5.97 Å². The molecule has 1 aliphatic rings. The molecule has 0 radical (unpaired) electrons. The van der Waals surface area contributed by atoms with Crippen molar-refractivity contribution in [2.75, 3.05) is 0 Å². The Labute approximate surface area is 90.5 Å². The lowest BCUT2D eigenvalue weighted by molar-refractivity contribution is -0.146. The van der Waals surface area contributed by atoms with Crippen LogP contribution in [-0.2, 0) is 14.3 Å². The van der Waals surface area contributed by atoms with Gasteiger partial charge in [0.25, 0.3) is 0 Å². The monoisotopic (exact) mass is 210 g/mol. The third kappa shape index (κ3) is 3.50. The molecule has 0 spiro atoms. The molecule has 0 aromatic carbocycles. The number of rotatable bonds is 3. The molecule has 0 aliphatic heterocycles. The molecule has 0 aromatic heterocycles. The van der Waals surface area contributed by atoms with Gasteiger partial charge in [0.2, 0.25) is 0 Å². The number of carbonyl (C=O) groups is 2. The molecule has 0 heterocycles. The van der Waals surface area contributed by atoms with E-state index in [4.69, 9.17) is 4.74 Å². The first kappa shape index (κ1) is 12.0. The van der Waals surface area contributed by atoms with Crippen LogP contribution in [0.25, 0.3) is 0 Å². The Balaban J connectivity index is 2.79. The van der Waals surface area contributed by atoms with Gasteiger partial charge in [0.15, 0.2) is 5.78 Å². The highest BCUT2D eigenvalue weighted by Gasteiger charge is 2.24. The summed E-state index contributed by atoms with van der Waals surface area (Å²) in [5.41, 5.74) is 0.969. The van der Waals surface area contributed by atoms with Crippen molar-refractivity contribution in [2.45, 2.75) is 46.1 Å². The Bertz CT molecular complexity index is 289. The number of hydrogen-bond acceptors (Lipinski definition) is 3. The molecule has 1 aliphatic carbocycles. The van der Waals surface area contributed by atoms with Gasteiger partial charge in [0.05, 0.1) is 0 Å². The van der Waals surface area contributed by atoms with Gasteiger partial charge in [-0.2, -0.15) is 0 Å². The lowest BCUT2D eigenvalue weighted by Gasteiger charge is -2.25. The summed E-state index contributed by atoms with van der Waals surface area (Å²) in [6.07, 6.45) is 3.77. The van der Waals surface area contributed by atoms with Crippen LogP contribution >= 0.6 is 0 Å². The number of ether oxygens (including phenoxy) is 1. The first-order chi connectivity index (χ1) is 7.00. The van der Waals surface area contributed by atoms with E-state index in [2.05, 4.69) is 0 Å². The van der Waals surface area contributed by atoms with Crippen LogP contribution in [0, 0.1) is 5.92 Å². The van der Waals surface area contributed by atoms with E-state index >= 15 is 0 Å². The molecule has 1 rings (SSSR count). The fourth-order valence-corrected chi connectivity index (χ4v) is 1.86. The fraction of sp³-hybridized carbons (Fsp3) is 0.667. The van der Waals surface area contributed by atoms with Gasteiger partial charge in [-0.15, -0.1) is 0 Å². The van der Waals surface area contributed by atoms with Crippen molar-refractivity contribution in [2.24, 2.45) is 5.92 Å². The van der Waals surface area contributed by atoms with Crippen LogP contribution in [0.5, 0.6) is 0 Å². The van der Waals surface area contributed by atoms with Crippen molar-refractivity contribution >= 4 is 11.8 Å². The Kier molecular flexibility index (Phi) is 4.06. The molecule has 15 heavy (non-hydrogen) atoms. The second-order valence-electron chi connectivity index (χ2n) is 4.31. The highest BCUT2D eigenvalue weighted by Crippen LogP contribution is 2.25. The second kappa shape index (κ2) is 5.10. The van der Waals surface area contributed by atoms with Crippen LogP contribution in [0.3, 0.4) is 0 Å². The number of carbonyl (C=O) groups excluding carboxylic acids is 2. The average molecular weight is 210 g/mol. The molecule has 0 aromatic rings. The van der Waals surface area contributed by atoms with Crippen molar-refractivity contribution in [3.05, 3.63) is 11.6 Å². The molecule has 1 unspecified atom stereocenters. The Morgan fingerprint density at radius 1 is 1.40 bits per heavy atom. The minimum absolute atomic E-state index is 0.147. The average Bonchev–Trinajstić information content (AvgIpc) is 2.13. The van der Waals surface area contributed by atoms with Crippen LogP contribution in [0.15, 0.2) is 11.6 Å². The molecule has 3 nitrogen and oxygen atoms in total. The van der Waals surface area contributed by atoms with E-state index in [1.165, 1.54) is 6.92 Å². The number of esters is 1. The molecule has 0 bridgehead atoms. The largest absolute Gasteiger partial charge is 0.458 e. The SMILES string of the molecule is CC(=O)OC(C1=CC(=O)CCC1)C(C)C. The Morgan fingerprint density at radius 3 is 2.53 bits per heavy atom. The molecule has 0 saturated heterocycles. The highest BCUT2D eigenvalue weighted by molar-refractivity contribution is 5.91. The van der Waals surface area contributed by atoms with Gasteiger partial charge in [-0.25, -0.2) is 0 Å². The number of ketones is 1. The van der Waals surface area contributed by atoms with E-state index in [0.29, 0.717) is 6.42 Å². The van der Waals surface area contributed by atoms with E-state index in [9.17, 15) is 9.59 Å². The lowest BCUT2D eigenvalue weighted by atomic mass is 9.89. The summed E-state index contributed by atoms with van der Waals surface area (Å²) in [7, 11) is 0. The van der Waals surface area contributed by atoms with E-state index < -0.39 is 0 Å². The van der Waals surface area contributed by atoms with Crippen LogP contribution in [0.4, 0.5) is 0 Å². The van der Waals surface area contributed by atoms with Gasteiger partial charge in [0, 0.05) is 13.3 Å². The number of allylic oxidation sites excluding steroid dienone is 1. The zero-order valence-corrected chi connectivity index (χ0v) is 9.58. The van der Waals surface area contributed by atoms with Crippen LogP contribution in [0.1, 0.15) is 40.0 Å². The van der Waals surface area contributed by atoms with Gasteiger partial charge in [-0.1, -0.05) is 13.8 Å². The molecule has 0 N–H and O–H groups in total.